The lowest BCUT2D eigenvalue weighted by atomic mass is 10.1. The van der Waals surface area contributed by atoms with Gasteiger partial charge in [-0.25, -0.2) is 0 Å². The molecule has 1 amide bonds. The first-order valence-corrected chi connectivity index (χ1v) is 7.28. The third kappa shape index (κ3) is 3.54. The highest BCUT2D eigenvalue weighted by Crippen LogP contribution is 2.23. The zero-order chi connectivity index (χ0) is 15.4. The van der Waals surface area contributed by atoms with Crippen LogP contribution in [0.1, 0.15) is 37.8 Å². The fraction of sp³-hybridized carbons (Fsp3) is 0.500. The van der Waals surface area contributed by atoms with Gasteiger partial charge in [-0.2, -0.15) is 0 Å². The van der Waals surface area contributed by atoms with Crippen LogP contribution in [0.5, 0.6) is 5.75 Å². The summed E-state index contributed by atoms with van der Waals surface area (Å²) in [7, 11) is 0. The third-order valence-corrected chi connectivity index (χ3v) is 3.75. The highest BCUT2D eigenvalue weighted by Gasteiger charge is 2.25. The Kier molecular flexibility index (Phi) is 4.83. The molecule has 0 bridgehead atoms. The van der Waals surface area contributed by atoms with Crippen LogP contribution in [0.4, 0.5) is 0 Å². The molecule has 1 aliphatic rings. The summed E-state index contributed by atoms with van der Waals surface area (Å²) < 4.78 is 5.84. The maximum Gasteiger partial charge on any atom is 0.263 e. The number of carbonyl (C=O) groups excluding carboxylic acids is 1. The van der Waals surface area contributed by atoms with E-state index in [1.165, 1.54) is 0 Å². The molecule has 0 radical (unpaired) electrons. The van der Waals surface area contributed by atoms with Gasteiger partial charge in [-0.05, 0) is 51.3 Å². The minimum absolute atomic E-state index is 0.0125. The summed E-state index contributed by atoms with van der Waals surface area (Å²) in [5.74, 6) is 0.587. The van der Waals surface area contributed by atoms with Crippen LogP contribution < -0.4 is 4.74 Å². The highest BCUT2D eigenvalue weighted by molar-refractivity contribution is 6.00. The molecular formula is C16H22N2O3. The van der Waals surface area contributed by atoms with Crippen molar-refractivity contribution in [3.63, 3.8) is 0 Å². The lowest BCUT2D eigenvalue weighted by Gasteiger charge is -2.22. The Labute approximate surface area is 125 Å². The van der Waals surface area contributed by atoms with E-state index in [0.717, 1.165) is 31.5 Å². The van der Waals surface area contributed by atoms with Crippen molar-refractivity contribution < 1.29 is 14.7 Å². The average Bonchev–Trinajstić information content (AvgIpc) is 3.00. The summed E-state index contributed by atoms with van der Waals surface area (Å²) in [4.78, 5) is 14.1. The smallest absolute Gasteiger partial charge is 0.263 e. The van der Waals surface area contributed by atoms with Crippen LogP contribution in [-0.4, -0.2) is 40.9 Å². The lowest BCUT2D eigenvalue weighted by Crippen LogP contribution is -2.38. The number of amides is 1. The van der Waals surface area contributed by atoms with E-state index in [9.17, 15) is 4.79 Å². The van der Waals surface area contributed by atoms with Crippen molar-refractivity contribution in [3.05, 3.63) is 29.3 Å². The predicted octanol–water partition coefficient (Wildman–Crippen LogP) is 2.58. The minimum Gasteiger partial charge on any atom is -0.480 e. The van der Waals surface area contributed by atoms with E-state index >= 15 is 0 Å². The minimum atomic E-state index is -0.546. The maximum atomic E-state index is 12.3. The molecule has 1 atom stereocenters. The number of likely N-dealkylation sites (tertiary alicyclic amines) is 1. The zero-order valence-electron chi connectivity index (χ0n) is 12.8. The van der Waals surface area contributed by atoms with E-state index in [1.54, 1.807) is 13.8 Å². The standard InChI is InChI=1S/C16H22N2O3/c1-11-6-7-14(12(2)17-20)15(10-11)21-13(3)16(19)18-8-4-5-9-18/h6-7,10,13,20H,4-5,8-9H2,1-3H3. The highest BCUT2D eigenvalue weighted by atomic mass is 16.5. The molecule has 5 nitrogen and oxygen atoms in total. The quantitative estimate of drug-likeness (QED) is 0.526. The molecule has 1 aliphatic heterocycles. The van der Waals surface area contributed by atoms with Crippen molar-refractivity contribution in [2.75, 3.05) is 13.1 Å². The number of benzene rings is 1. The van der Waals surface area contributed by atoms with E-state index < -0.39 is 6.10 Å². The first kappa shape index (κ1) is 15.4. The Balaban J connectivity index is 2.17. The molecule has 0 saturated carbocycles. The molecule has 1 N–H and O–H groups in total. The van der Waals surface area contributed by atoms with Gasteiger partial charge in [0.1, 0.15) is 5.75 Å². The monoisotopic (exact) mass is 290 g/mol. The number of carbonyl (C=O) groups is 1. The lowest BCUT2D eigenvalue weighted by molar-refractivity contribution is -0.136. The summed E-state index contributed by atoms with van der Waals surface area (Å²) in [6.45, 7) is 7.03. The van der Waals surface area contributed by atoms with E-state index in [4.69, 9.17) is 9.94 Å². The Morgan fingerprint density at radius 2 is 2.05 bits per heavy atom. The largest absolute Gasteiger partial charge is 0.480 e. The second-order valence-corrected chi connectivity index (χ2v) is 5.48. The number of hydrogen-bond donors (Lipinski definition) is 1. The average molecular weight is 290 g/mol. The van der Waals surface area contributed by atoms with Gasteiger partial charge in [-0.1, -0.05) is 11.2 Å². The van der Waals surface area contributed by atoms with Crippen molar-refractivity contribution in [2.24, 2.45) is 5.16 Å². The predicted molar refractivity (Wildman–Crippen MR) is 81.1 cm³/mol. The second kappa shape index (κ2) is 6.61. The molecule has 21 heavy (non-hydrogen) atoms. The first-order valence-electron chi connectivity index (χ1n) is 7.28. The Hall–Kier alpha value is -2.04. The van der Waals surface area contributed by atoms with Gasteiger partial charge in [-0.3, -0.25) is 4.79 Å². The molecule has 1 aromatic rings. The van der Waals surface area contributed by atoms with Gasteiger partial charge < -0.3 is 14.8 Å². The van der Waals surface area contributed by atoms with Gasteiger partial charge in [0.2, 0.25) is 0 Å². The van der Waals surface area contributed by atoms with Crippen molar-refractivity contribution in [1.82, 2.24) is 4.90 Å². The van der Waals surface area contributed by atoms with Crippen molar-refractivity contribution in [3.8, 4) is 5.75 Å². The molecule has 1 fully saturated rings. The second-order valence-electron chi connectivity index (χ2n) is 5.48. The van der Waals surface area contributed by atoms with Gasteiger partial charge in [-0.15, -0.1) is 0 Å². The van der Waals surface area contributed by atoms with Crippen LogP contribution in [-0.2, 0) is 4.79 Å². The summed E-state index contributed by atoms with van der Waals surface area (Å²) in [5.41, 5.74) is 2.19. The third-order valence-electron chi connectivity index (χ3n) is 3.75. The van der Waals surface area contributed by atoms with E-state index in [1.807, 2.05) is 30.0 Å². The normalized spacial score (nSPS) is 16.9. The van der Waals surface area contributed by atoms with Crippen molar-refractivity contribution >= 4 is 11.6 Å². The number of rotatable bonds is 4. The van der Waals surface area contributed by atoms with E-state index in [0.29, 0.717) is 17.0 Å². The van der Waals surface area contributed by atoms with Crippen LogP contribution in [0.15, 0.2) is 23.4 Å². The Morgan fingerprint density at radius 3 is 2.67 bits per heavy atom. The molecule has 5 heteroatoms. The summed E-state index contributed by atoms with van der Waals surface area (Å²) in [6, 6.07) is 5.62. The van der Waals surface area contributed by atoms with Gasteiger partial charge >= 0.3 is 0 Å². The van der Waals surface area contributed by atoms with Crippen LogP contribution in [0, 0.1) is 6.92 Å². The summed E-state index contributed by atoms with van der Waals surface area (Å²) in [6.07, 6.45) is 1.57. The van der Waals surface area contributed by atoms with Crippen LogP contribution in [0.25, 0.3) is 0 Å². The summed E-state index contributed by atoms with van der Waals surface area (Å²) >= 11 is 0. The molecule has 1 unspecified atom stereocenters. The fourth-order valence-electron chi connectivity index (χ4n) is 2.52. The number of nitrogens with zero attached hydrogens (tertiary/aromatic N) is 2. The SMILES string of the molecule is CC(=NO)c1ccc(C)cc1OC(C)C(=O)N1CCCC1. The number of aryl methyl sites for hydroxylation is 1. The molecule has 1 saturated heterocycles. The van der Waals surface area contributed by atoms with E-state index in [2.05, 4.69) is 5.16 Å². The van der Waals surface area contributed by atoms with Crippen LogP contribution >= 0.6 is 0 Å². The molecule has 1 heterocycles. The zero-order valence-corrected chi connectivity index (χ0v) is 12.8. The van der Waals surface area contributed by atoms with E-state index in [-0.39, 0.29) is 5.91 Å². The molecular weight excluding hydrogens is 268 g/mol. The molecule has 0 spiro atoms. The van der Waals surface area contributed by atoms with Crippen molar-refractivity contribution in [1.29, 1.82) is 0 Å². The molecule has 1 aromatic carbocycles. The molecule has 0 aromatic heterocycles. The van der Waals surface area contributed by atoms with Gasteiger partial charge in [0.25, 0.3) is 5.91 Å². The van der Waals surface area contributed by atoms with Gasteiger partial charge in [0.15, 0.2) is 6.10 Å². The molecule has 0 aliphatic carbocycles. The number of oxime groups is 1. The van der Waals surface area contributed by atoms with Crippen molar-refractivity contribution in [2.45, 2.75) is 39.7 Å². The molecule has 114 valence electrons. The Morgan fingerprint density at radius 1 is 1.38 bits per heavy atom. The summed E-state index contributed by atoms with van der Waals surface area (Å²) in [5, 5.41) is 12.2. The van der Waals surface area contributed by atoms with Gasteiger partial charge in [0, 0.05) is 18.7 Å². The maximum absolute atomic E-state index is 12.3. The van der Waals surface area contributed by atoms with Crippen LogP contribution in [0.2, 0.25) is 0 Å². The topological polar surface area (TPSA) is 62.1 Å². The Bertz CT molecular complexity index is 548. The number of ether oxygens (including phenoxy) is 1. The molecule has 2 rings (SSSR count). The van der Waals surface area contributed by atoms with Crippen LogP contribution in [0.3, 0.4) is 0 Å². The van der Waals surface area contributed by atoms with Gasteiger partial charge in [0.05, 0.1) is 5.71 Å². The fourth-order valence-corrected chi connectivity index (χ4v) is 2.52. The number of hydrogen-bond acceptors (Lipinski definition) is 4. The first-order chi connectivity index (χ1) is 10.0.